The zero-order valence-electron chi connectivity index (χ0n) is 33.4. The van der Waals surface area contributed by atoms with Gasteiger partial charge in [-0.3, -0.25) is 0 Å². The van der Waals surface area contributed by atoms with Crippen LogP contribution >= 0.6 is 0 Å². The molecule has 6 aromatic carbocycles. The molecule has 6 aromatic rings. The fourth-order valence-corrected chi connectivity index (χ4v) is 12.7. The summed E-state index contributed by atoms with van der Waals surface area (Å²) in [7, 11) is 0. The van der Waals surface area contributed by atoms with Crippen LogP contribution in [0.1, 0.15) is 94.9 Å². The first-order chi connectivity index (χ1) is 27.2. The molecule has 0 atom stereocenters. The van der Waals surface area contributed by atoms with Gasteiger partial charge < -0.3 is 9.64 Å². The summed E-state index contributed by atoms with van der Waals surface area (Å²) in [6, 6.07) is 52.4. The van der Waals surface area contributed by atoms with Crippen LogP contribution in [0.3, 0.4) is 0 Å². The van der Waals surface area contributed by atoms with Crippen molar-refractivity contribution in [2.45, 2.75) is 88.9 Å². The predicted octanol–water partition coefficient (Wildman–Crippen LogP) is 14.7. The molecule has 0 saturated heterocycles. The average Bonchev–Trinajstić information content (AvgIpc) is 3.22. The number of nitrogens with zero attached hydrogens (tertiary/aromatic N) is 1. The third-order valence-electron chi connectivity index (χ3n) is 15.1. The van der Waals surface area contributed by atoms with Gasteiger partial charge in [0.15, 0.2) is 0 Å². The predicted molar refractivity (Wildman–Crippen MR) is 232 cm³/mol. The Kier molecular flexibility index (Phi) is 7.61. The zero-order valence-corrected chi connectivity index (χ0v) is 33.4. The van der Waals surface area contributed by atoms with Gasteiger partial charge in [0.1, 0.15) is 11.5 Å². The van der Waals surface area contributed by atoms with Crippen molar-refractivity contribution in [2.24, 2.45) is 23.7 Å². The summed E-state index contributed by atoms with van der Waals surface area (Å²) >= 11 is 0. The molecule has 0 amide bonds. The fraction of sp³-hybridized carbons (Fsp3) is 0.333. The number of hydrogen-bond acceptors (Lipinski definition) is 2. The lowest BCUT2D eigenvalue weighted by molar-refractivity contribution is -0.0451. The van der Waals surface area contributed by atoms with E-state index in [1.807, 2.05) is 0 Å². The highest BCUT2D eigenvalue weighted by Gasteiger charge is 2.61. The van der Waals surface area contributed by atoms with Gasteiger partial charge in [-0.1, -0.05) is 131 Å². The van der Waals surface area contributed by atoms with E-state index in [1.54, 1.807) is 0 Å². The average molecular weight is 732 g/mol. The second-order valence-corrected chi connectivity index (χ2v) is 19.2. The SMILES string of the molecule is CC1(C)CCC(C)(C)c2c(N(c3ccc(-c4ccccc4)cc3)c3ccc4c(c3)C3(c5cccc(-c6ccccc6)c5O4)C4CC5CC(C4)CC3C5)cccc21. The molecule has 5 aliphatic carbocycles. The molecule has 56 heavy (non-hydrogen) atoms. The van der Waals surface area contributed by atoms with Gasteiger partial charge in [-0.05, 0) is 144 Å². The topological polar surface area (TPSA) is 12.5 Å². The van der Waals surface area contributed by atoms with Crippen molar-refractivity contribution in [3.8, 4) is 33.8 Å². The maximum Gasteiger partial charge on any atom is 0.139 e. The Bertz CT molecular complexity index is 2430. The number of anilines is 3. The standard InChI is InChI=1S/C54H53NO/c1-52(2)27-28-53(3,4)50-45(52)18-12-20-48(50)55(42-23-21-38(22-24-42)37-13-7-5-8-14-37)43-25-26-49-47(34-43)54(40-30-35-29-36(32-40)33-41(54)31-35)46-19-11-17-44(51(46)56-49)39-15-9-6-10-16-39/h5-26,34-36,40-41H,27-33H2,1-4H3. The van der Waals surface area contributed by atoms with Gasteiger partial charge in [0.2, 0.25) is 0 Å². The van der Waals surface area contributed by atoms with Crippen molar-refractivity contribution >= 4 is 17.1 Å². The van der Waals surface area contributed by atoms with Crippen molar-refractivity contribution < 1.29 is 4.74 Å². The lowest BCUT2D eigenvalue weighted by atomic mass is 9.41. The third kappa shape index (κ3) is 5.07. The number of benzene rings is 6. The van der Waals surface area contributed by atoms with Gasteiger partial charge in [-0.15, -0.1) is 0 Å². The van der Waals surface area contributed by atoms with Gasteiger partial charge in [0, 0.05) is 33.5 Å². The largest absolute Gasteiger partial charge is 0.456 e. The molecule has 0 N–H and O–H groups in total. The van der Waals surface area contributed by atoms with E-state index in [2.05, 4.69) is 172 Å². The molecule has 12 rings (SSSR count). The maximum absolute atomic E-state index is 7.24. The van der Waals surface area contributed by atoms with E-state index < -0.39 is 0 Å². The fourth-order valence-electron chi connectivity index (χ4n) is 12.7. The Morgan fingerprint density at radius 1 is 0.500 bits per heavy atom. The van der Waals surface area contributed by atoms with Crippen molar-refractivity contribution in [1.82, 2.24) is 0 Å². The van der Waals surface area contributed by atoms with Crippen LogP contribution < -0.4 is 9.64 Å². The molecule has 0 aromatic heterocycles. The highest BCUT2D eigenvalue weighted by Crippen LogP contribution is 2.70. The van der Waals surface area contributed by atoms with Crippen molar-refractivity contribution in [3.05, 3.63) is 162 Å². The highest BCUT2D eigenvalue weighted by molar-refractivity contribution is 5.84. The molecule has 1 spiro atoms. The Morgan fingerprint density at radius 2 is 1.09 bits per heavy atom. The molecule has 2 heteroatoms. The summed E-state index contributed by atoms with van der Waals surface area (Å²) < 4.78 is 7.24. The summed E-state index contributed by atoms with van der Waals surface area (Å²) in [6.45, 7) is 9.81. The van der Waals surface area contributed by atoms with E-state index in [0.29, 0.717) is 11.8 Å². The number of ether oxygens (including phenoxy) is 1. The minimum atomic E-state index is -0.0721. The summed E-state index contributed by atoms with van der Waals surface area (Å²) in [5, 5.41) is 0. The van der Waals surface area contributed by atoms with Crippen LogP contribution in [-0.4, -0.2) is 0 Å². The van der Waals surface area contributed by atoms with E-state index in [1.165, 1.54) is 100 Å². The molecule has 6 aliphatic rings. The first-order valence-corrected chi connectivity index (χ1v) is 21.3. The van der Waals surface area contributed by atoms with Crippen LogP contribution in [0, 0.1) is 23.7 Å². The smallest absolute Gasteiger partial charge is 0.139 e. The monoisotopic (exact) mass is 731 g/mol. The van der Waals surface area contributed by atoms with E-state index in [0.717, 1.165) is 29.8 Å². The highest BCUT2D eigenvalue weighted by atomic mass is 16.5. The minimum absolute atomic E-state index is 0.0381. The Labute approximate surface area is 333 Å². The maximum atomic E-state index is 7.24. The van der Waals surface area contributed by atoms with Gasteiger partial charge in [-0.25, -0.2) is 0 Å². The van der Waals surface area contributed by atoms with E-state index in [-0.39, 0.29) is 16.2 Å². The quantitative estimate of drug-likeness (QED) is 0.175. The molecule has 1 heterocycles. The molecular formula is C54H53NO. The van der Waals surface area contributed by atoms with E-state index >= 15 is 0 Å². The second-order valence-electron chi connectivity index (χ2n) is 19.2. The van der Waals surface area contributed by atoms with Gasteiger partial charge in [0.25, 0.3) is 0 Å². The van der Waals surface area contributed by atoms with Crippen LogP contribution in [-0.2, 0) is 16.2 Å². The summed E-state index contributed by atoms with van der Waals surface area (Å²) in [5.41, 5.74) is 14.5. The summed E-state index contributed by atoms with van der Waals surface area (Å²) in [6.07, 6.45) is 9.09. The van der Waals surface area contributed by atoms with E-state index in [9.17, 15) is 0 Å². The first kappa shape index (κ1) is 34.2. The molecule has 280 valence electrons. The minimum Gasteiger partial charge on any atom is -0.456 e. The number of fused-ring (bicyclic) bond motifs is 3. The zero-order chi connectivity index (χ0) is 37.8. The Morgan fingerprint density at radius 3 is 1.79 bits per heavy atom. The molecule has 4 bridgehead atoms. The van der Waals surface area contributed by atoms with Gasteiger partial charge in [0.05, 0.1) is 5.69 Å². The van der Waals surface area contributed by atoms with Gasteiger partial charge in [-0.2, -0.15) is 0 Å². The van der Waals surface area contributed by atoms with Crippen molar-refractivity contribution in [2.75, 3.05) is 4.90 Å². The molecule has 0 unspecified atom stereocenters. The molecular weight excluding hydrogens is 679 g/mol. The van der Waals surface area contributed by atoms with Crippen LogP contribution in [0.25, 0.3) is 22.3 Å². The van der Waals surface area contributed by atoms with E-state index in [4.69, 9.17) is 4.74 Å². The molecule has 0 radical (unpaired) electrons. The first-order valence-electron chi connectivity index (χ1n) is 21.3. The van der Waals surface area contributed by atoms with Gasteiger partial charge >= 0.3 is 0 Å². The van der Waals surface area contributed by atoms with Crippen molar-refractivity contribution in [3.63, 3.8) is 0 Å². The van der Waals surface area contributed by atoms with Crippen molar-refractivity contribution in [1.29, 1.82) is 0 Å². The summed E-state index contributed by atoms with van der Waals surface area (Å²) in [4.78, 5) is 2.59. The second kappa shape index (κ2) is 12.5. The Balaban J connectivity index is 1.14. The van der Waals surface area contributed by atoms with Crippen LogP contribution in [0.2, 0.25) is 0 Å². The lowest BCUT2D eigenvalue weighted by Gasteiger charge is -2.63. The van der Waals surface area contributed by atoms with Crippen LogP contribution in [0.4, 0.5) is 17.1 Å². The normalized spacial score (nSPS) is 25.9. The van der Waals surface area contributed by atoms with Crippen LogP contribution in [0.5, 0.6) is 11.5 Å². The third-order valence-corrected chi connectivity index (χ3v) is 15.1. The molecule has 1 aliphatic heterocycles. The molecule has 2 nitrogen and oxygen atoms in total. The van der Waals surface area contributed by atoms with Crippen LogP contribution in [0.15, 0.2) is 140 Å². The lowest BCUT2D eigenvalue weighted by Crippen LogP contribution is -2.57. The number of hydrogen-bond donors (Lipinski definition) is 0. The Hall–Kier alpha value is -5.08. The number of para-hydroxylation sites is 1. The molecule has 4 saturated carbocycles. The summed E-state index contributed by atoms with van der Waals surface area (Å²) in [5.74, 6) is 5.08. The molecule has 4 fully saturated rings. The number of rotatable bonds is 5.